The highest BCUT2D eigenvalue weighted by Crippen LogP contribution is 2.39. The van der Waals surface area contributed by atoms with Gasteiger partial charge in [0.15, 0.2) is 0 Å². The minimum Gasteiger partial charge on any atom is -0.495 e. The van der Waals surface area contributed by atoms with Crippen LogP contribution >= 0.6 is 0 Å². The second-order valence-electron chi connectivity index (χ2n) is 9.25. The van der Waals surface area contributed by atoms with E-state index in [1.807, 2.05) is 18.3 Å². The molecular weight excluding hydrogens is 430 g/mol. The van der Waals surface area contributed by atoms with Crippen LogP contribution in [0.1, 0.15) is 30.2 Å². The van der Waals surface area contributed by atoms with Crippen molar-refractivity contribution in [1.82, 2.24) is 19.9 Å². The number of fused-ring (bicyclic) bond motifs is 1. The monoisotopic (exact) mass is 461 g/mol. The van der Waals surface area contributed by atoms with Crippen molar-refractivity contribution >= 4 is 11.6 Å². The zero-order valence-corrected chi connectivity index (χ0v) is 19.8. The first-order chi connectivity index (χ1) is 16.6. The predicted molar refractivity (Wildman–Crippen MR) is 130 cm³/mol. The van der Waals surface area contributed by atoms with Crippen LogP contribution in [0.5, 0.6) is 5.75 Å². The zero-order valence-electron chi connectivity index (χ0n) is 19.8. The summed E-state index contributed by atoms with van der Waals surface area (Å²) in [4.78, 5) is 16.2. The van der Waals surface area contributed by atoms with Gasteiger partial charge in [-0.3, -0.25) is 9.88 Å². The zero-order chi connectivity index (χ0) is 23.5. The maximum absolute atomic E-state index is 9.92. The van der Waals surface area contributed by atoms with Crippen molar-refractivity contribution in [3.8, 4) is 17.0 Å². The third kappa shape index (κ3) is 4.61. The SMILES string of the molecule is COc1cc(CN2CCOCC2)ccc1Nc1nccc(-c2cnc3c(c2)C(C)(CO)CC3)n1. The smallest absolute Gasteiger partial charge is 0.227 e. The number of ether oxygens (including phenoxy) is 2. The summed E-state index contributed by atoms with van der Waals surface area (Å²) in [6.45, 7) is 6.52. The Morgan fingerprint density at radius 1 is 1.18 bits per heavy atom. The number of nitrogens with one attached hydrogen (secondary N) is 1. The summed E-state index contributed by atoms with van der Waals surface area (Å²) in [5, 5.41) is 13.2. The molecule has 3 heterocycles. The van der Waals surface area contributed by atoms with Crippen LogP contribution in [0.25, 0.3) is 11.3 Å². The van der Waals surface area contributed by atoms with Crippen molar-refractivity contribution < 1.29 is 14.6 Å². The van der Waals surface area contributed by atoms with Gasteiger partial charge < -0.3 is 19.9 Å². The highest BCUT2D eigenvalue weighted by Gasteiger charge is 2.35. The number of aryl methyl sites for hydroxylation is 1. The van der Waals surface area contributed by atoms with Crippen LogP contribution in [0.4, 0.5) is 11.6 Å². The highest BCUT2D eigenvalue weighted by molar-refractivity contribution is 5.66. The lowest BCUT2D eigenvalue weighted by Gasteiger charge is -2.26. The first-order valence-corrected chi connectivity index (χ1v) is 11.8. The molecule has 1 aromatic carbocycles. The average molecular weight is 462 g/mol. The molecule has 2 aromatic heterocycles. The van der Waals surface area contributed by atoms with Gasteiger partial charge in [-0.25, -0.2) is 9.97 Å². The Balaban J connectivity index is 1.36. The van der Waals surface area contributed by atoms with Crippen LogP contribution in [0.2, 0.25) is 0 Å². The Hall–Kier alpha value is -3.07. The lowest BCUT2D eigenvalue weighted by atomic mass is 9.85. The fourth-order valence-corrected chi connectivity index (χ4v) is 4.70. The summed E-state index contributed by atoms with van der Waals surface area (Å²) in [6.07, 6.45) is 5.40. The molecule has 1 aliphatic carbocycles. The number of aromatic nitrogens is 3. The number of morpholine rings is 1. The van der Waals surface area contributed by atoms with Gasteiger partial charge in [0.2, 0.25) is 5.95 Å². The van der Waals surface area contributed by atoms with Crippen molar-refractivity contribution in [2.24, 2.45) is 0 Å². The second-order valence-corrected chi connectivity index (χ2v) is 9.25. The van der Waals surface area contributed by atoms with E-state index < -0.39 is 0 Å². The van der Waals surface area contributed by atoms with Crippen LogP contribution in [0.15, 0.2) is 42.7 Å². The third-order valence-corrected chi connectivity index (χ3v) is 6.86. The molecule has 2 N–H and O–H groups in total. The Morgan fingerprint density at radius 3 is 2.82 bits per heavy atom. The number of benzene rings is 1. The molecule has 8 heteroatoms. The molecule has 8 nitrogen and oxygen atoms in total. The summed E-state index contributed by atoms with van der Waals surface area (Å²) in [6, 6.07) is 10.2. The van der Waals surface area contributed by atoms with Crippen LogP contribution in [0.3, 0.4) is 0 Å². The van der Waals surface area contributed by atoms with Gasteiger partial charge >= 0.3 is 0 Å². The fourth-order valence-electron chi connectivity index (χ4n) is 4.70. The minimum absolute atomic E-state index is 0.114. The van der Waals surface area contributed by atoms with Gasteiger partial charge in [-0.1, -0.05) is 13.0 Å². The molecule has 0 spiro atoms. The van der Waals surface area contributed by atoms with Crippen molar-refractivity contribution in [3.05, 3.63) is 59.5 Å². The molecule has 1 fully saturated rings. The van der Waals surface area contributed by atoms with Crippen LogP contribution in [-0.4, -0.2) is 65.0 Å². The molecular formula is C26H31N5O3. The third-order valence-electron chi connectivity index (χ3n) is 6.86. The molecule has 1 aliphatic heterocycles. The Bertz CT molecular complexity index is 1160. The van der Waals surface area contributed by atoms with Gasteiger partial charge in [-0.05, 0) is 48.2 Å². The number of aliphatic hydroxyl groups excluding tert-OH is 1. The average Bonchev–Trinajstić information content (AvgIpc) is 3.22. The summed E-state index contributed by atoms with van der Waals surface area (Å²) in [7, 11) is 1.67. The van der Waals surface area contributed by atoms with E-state index >= 15 is 0 Å². The van der Waals surface area contributed by atoms with E-state index in [1.54, 1.807) is 13.3 Å². The predicted octanol–water partition coefficient (Wildman–Crippen LogP) is 3.32. The molecule has 1 atom stereocenters. The number of hydrogen-bond acceptors (Lipinski definition) is 8. The number of pyridine rings is 1. The molecule has 178 valence electrons. The van der Waals surface area contributed by atoms with Gasteiger partial charge in [0, 0.05) is 48.7 Å². The minimum atomic E-state index is -0.247. The number of aliphatic hydroxyl groups is 1. The van der Waals surface area contributed by atoms with Crippen LogP contribution in [0, 0.1) is 0 Å². The number of methoxy groups -OCH3 is 1. The molecule has 0 bridgehead atoms. The Kier molecular flexibility index (Phi) is 6.45. The van der Waals surface area contributed by atoms with E-state index in [2.05, 4.69) is 45.3 Å². The second kappa shape index (κ2) is 9.66. The van der Waals surface area contributed by atoms with Gasteiger partial charge in [0.1, 0.15) is 5.75 Å². The van der Waals surface area contributed by atoms with E-state index in [-0.39, 0.29) is 12.0 Å². The molecule has 2 aliphatic rings. The first kappa shape index (κ1) is 22.7. The van der Waals surface area contributed by atoms with E-state index in [0.29, 0.717) is 5.95 Å². The first-order valence-electron chi connectivity index (χ1n) is 11.8. The van der Waals surface area contributed by atoms with E-state index in [9.17, 15) is 5.11 Å². The number of anilines is 2. The Morgan fingerprint density at radius 2 is 2.03 bits per heavy atom. The van der Waals surface area contributed by atoms with Crippen molar-refractivity contribution in [3.63, 3.8) is 0 Å². The van der Waals surface area contributed by atoms with Crippen LogP contribution < -0.4 is 10.1 Å². The van der Waals surface area contributed by atoms with Gasteiger partial charge in [-0.15, -0.1) is 0 Å². The van der Waals surface area contributed by atoms with Crippen molar-refractivity contribution in [2.75, 3.05) is 45.3 Å². The standard InChI is InChI=1S/C26H31N5O3/c1-26(17-32)7-5-22-20(26)14-19(15-28-22)21-6-8-27-25(29-21)30-23-4-3-18(13-24(23)33-2)16-31-9-11-34-12-10-31/h3-4,6,8,13-15,32H,5,7,9-12,16-17H2,1-2H3,(H,27,29,30). The molecule has 0 saturated carbocycles. The normalized spacial score (nSPS) is 20.2. The maximum atomic E-state index is 9.92. The van der Waals surface area contributed by atoms with E-state index in [1.165, 1.54) is 5.56 Å². The molecule has 1 unspecified atom stereocenters. The molecule has 1 saturated heterocycles. The quantitative estimate of drug-likeness (QED) is 0.554. The van der Waals surface area contributed by atoms with E-state index in [0.717, 1.165) is 79.6 Å². The summed E-state index contributed by atoms with van der Waals surface area (Å²) >= 11 is 0. The lowest BCUT2D eigenvalue weighted by molar-refractivity contribution is 0.0342. The summed E-state index contributed by atoms with van der Waals surface area (Å²) in [5.41, 5.74) is 5.62. The molecule has 0 amide bonds. The topological polar surface area (TPSA) is 92.6 Å². The summed E-state index contributed by atoms with van der Waals surface area (Å²) in [5.74, 6) is 1.24. The number of nitrogens with zero attached hydrogens (tertiary/aromatic N) is 4. The lowest BCUT2D eigenvalue weighted by Crippen LogP contribution is -2.35. The molecule has 3 aromatic rings. The number of rotatable bonds is 7. The number of hydrogen-bond donors (Lipinski definition) is 2. The van der Waals surface area contributed by atoms with Gasteiger partial charge in [0.05, 0.1) is 38.3 Å². The molecule has 5 rings (SSSR count). The van der Waals surface area contributed by atoms with Crippen LogP contribution in [-0.2, 0) is 23.1 Å². The fraction of sp³-hybridized carbons (Fsp3) is 0.423. The van der Waals surface area contributed by atoms with E-state index in [4.69, 9.17) is 14.5 Å². The molecule has 34 heavy (non-hydrogen) atoms. The van der Waals surface area contributed by atoms with Gasteiger partial charge in [-0.2, -0.15) is 0 Å². The van der Waals surface area contributed by atoms with Crippen molar-refractivity contribution in [2.45, 2.75) is 31.7 Å². The van der Waals surface area contributed by atoms with Crippen molar-refractivity contribution in [1.29, 1.82) is 0 Å². The largest absolute Gasteiger partial charge is 0.495 e. The molecule has 0 radical (unpaired) electrons. The highest BCUT2D eigenvalue weighted by atomic mass is 16.5. The summed E-state index contributed by atoms with van der Waals surface area (Å²) < 4.78 is 11.1. The maximum Gasteiger partial charge on any atom is 0.227 e. The Labute approximate surface area is 200 Å². The van der Waals surface area contributed by atoms with Gasteiger partial charge in [0.25, 0.3) is 0 Å².